The van der Waals surface area contributed by atoms with Gasteiger partial charge in [0, 0.05) is 31.9 Å². The number of hydrogen-bond acceptors (Lipinski definition) is 4. The molecule has 0 unspecified atom stereocenters. The zero-order valence-corrected chi connectivity index (χ0v) is 13.5. The van der Waals surface area contributed by atoms with Crippen LogP contribution in [0.5, 0.6) is 5.75 Å². The molecule has 4 nitrogen and oxygen atoms in total. The second kappa shape index (κ2) is 6.87. The SMILES string of the molecule is Fc1ccc(CN2C[C@H](Oc3cccnc3)[C@H]3OCCC[C@@H]32)cc1. The first-order valence-electron chi connectivity index (χ1n) is 8.46. The van der Waals surface area contributed by atoms with E-state index < -0.39 is 0 Å². The Morgan fingerprint density at radius 1 is 1.25 bits per heavy atom. The van der Waals surface area contributed by atoms with Crippen molar-refractivity contribution in [1.82, 2.24) is 9.88 Å². The van der Waals surface area contributed by atoms with Crippen LogP contribution in [-0.4, -0.2) is 41.3 Å². The molecule has 2 aliphatic rings. The molecule has 1 aromatic carbocycles. The number of hydrogen-bond donors (Lipinski definition) is 0. The predicted molar refractivity (Wildman–Crippen MR) is 88.2 cm³/mol. The van der Waals surface area contributed by atoms with Crippen molar-refractivity contribution in [3.63, 3.8) is 0 Å². The van der Waals surface area contributed by atoms with E-state index in [-0.39, 0.29) is 18.0 Å². The Balaban J connectivity index is 1.49. The third-order valence-corrected chi connectivity index (χ3v) is 4.80. The lowest BCUT2D eigenvalue weighted by atomic mass is 10.0. The van der Waals surface area contributed by atoms with Gasteiger partial charge in [-0.15, -0.1) is 0 Å². The minimum absolute atomic E-state index is 0.0000478. The van der Waals surface area contributed by atoms with Crippen LogP contribution in [-0.2, 0) is 11.3 Å². The van der Waals surface area contributed by atoms with Crippen molar-refractivity contribution in [2.75, 3.05) is 13.2 Å². The molecule has 126 valence electrons. The van der Waals surface area contributed by atoms with E-state index in [0.29, 0.717) is 6.04 Å². The molecule has 24 heavy (non-hydrogen) atoms. The Bertz CT molecular complexity index is 665. The molecule has 0 aliphatic carbocycles. The number of fused-ring (bicyclic) bond motifs is 1. The second-order valence-electron chi connectivity index (χ2n) is 6.45. The molecule has 2 aromatic rings. The van der Waals surface area contributed by atoms with Gasteiger partial charge in [-0.1, -0.05) is 12.1 Å². The highest BCUT2D eigenvalue weighted by Crippen LogP contribution is 2.32. The third-order valence-electron chi connectivity index (χ3n) is 4.80. The summed E-state index contributed by atoms with van der Waals surface area (Å²) in [5.74, 6) is 0.580. The quantitative estimate of drug-likeness (QED) is 0.864. The van der Waals surface area contributed by atoms with Crippen molar-refractivity contribution in [2.24, 2.45) is 0 Å². The smallest absolute Gasteiger partial charge is 0.139 e. The molecule has 0 bridgehead atoms. The Hall–Kier alpha value is -1.98. The fraction of sp³-hybridized carbons (Fsp3) is 0.421. The van der Waals surface area contributed by atoms with Gasteiger partial charge in [0.15, 0.2) is 0 Å². The van der Waals surface area contributed by atoms with Gasteiger partial charge in [-0.2, -0.15) is 0 Å². The zero-order valence-electron chi connectivity index (χ0n) is 13.5. The number of halogens is 1. The second-order valence-corrected chi connectivity index (χ2v) is 6.45. The van der Waals surface area contributed by atoms with E-state index in [9.17, 15) is 4.39 Å². The Morgan fingerprint density at radius 2 is 2.12 bits per heavy atom. The minimum Gasteiger partial charge on any atom is -0.485 e. The van der Waals surface area contributed by atoms with Crippen molar-refractivity contribution in [3.05, 3.63) is 60.2 Å². The molecular weight excluding hydrogens is 307 g/mol. The maximum absolute atomic E-state index is 13.1. The molecule has 0 spiro atoms. The van der Waals surface area contributed by atoms with E-state index in [1.54, 1.807) is 12.4 Å². The van der Waals surface area contributed by atoms with Gasteiger partial charge in [0.05, 0.1) is 6.20 Å². The van der Waals surface area contributed by atoms with Gasteiger partial charge >= 0.3 is 0 Å². The van der Waals surface area contributed by atoms with Crippen LogP contribution in [0.4, 0.5) is 4.39 Å². The Kier molecular flexibility index (Phi) is 4.45. The molecule has 0 radical (unpaired) electrons. The van der Waals surface area contributed by atoms with E-state index in [1.165, 1.54) is 12.1 Å². The molecule has 0 saturated carbocycles. The summed E-state index contributed by atoms with van der Waals surface area (Å²) in [7, 11) is 0. The zero-order chi connectivity index (χ0) is 16.4. The Labute approximate surface area is 141 Å². The molecule has 2 saturated heterocycles. The predicted octanol–water partition coefficient (Wildman–Crippen LogP) is 3.03. The van der Waals surface area contributed by atoms with Crippen molar-refractivity contribution in [3.8, 4) is 5.75 Å². The fourth-order valence-corrected chi connectivity index (χ4v) is 3.71. The molecule has 5 heteroatoms. The van der Waals surface area contributed by atoms with Crippen molar-refractivity contribution in [1.29, 1.82) is 0 Å². The maximum Gasteiger partial charge on any atom is 0.139 e. The normalized spacial score (nSPS) is 27.0. The van der Waals surface area contributed by atoms with Gasteiger partial charge < -0.3 is 9.47 Å². The van der Waals surface area contributed by atoms with Gasteiger partial charge in [0.25, 0.3) is 0 Å². The summed E-state index contributed by atoms with van der Waals surface area (Å²) < 4.78 is 25.3. The summed E-state index contributed by atoms with van der Waals surface area (Å²) in [4.78, 5) is 6.51. The van der Waals surface area contributed by atoms with Crippen LogP contribution in [0.3, 0.4) is 0 Å². The largest absolute Gasteiger partial charge is 0.485 e. The number of aromatic nitrogens is 1. The molecule has 2 aliphatic heterocycles. The van der Waals surface area contributed by atoms with E-state index in [4.69, 9.17) is 9.47 Å². The van der Waals surface area contributed by atoms with Crippen molar-refractivity contribution in [2.45, 2.75) is 37.6 Å². The van der Waals surface area contributed by atoms with Crippen LogP contribution in [0.1, 0.15) is 18.4 Å². The van der Waals surface area contributed by atoms with Gasteiger partial charge in [-0.05, 0) is 42.7 Å². The molecule has 4 rings (SSSR count). The monoisotopic (exact) mass is 328 g/mol. The standard InChI is InChI=1S/C19H21FN2O2/c20-15-7-5-14(6-8-15)12-22-13-18(19-17(22)4-2-10-23-19)24-16-3-1-9-21-11-16/h1,3,5-9,11,17-19H,2,4,10,12-13H2/t17-,18-,19-/m0/s1. The number of pyridine rings is 1. The van der Waals surface area contributed by atoms with Crippen LogP contribution in [0.25, 0.3) is 0 Å². The van der Waals surface area contributed by atoms with Gasteiger partial charge in [0.2, 0.25) is 0 Å². The summed E-state index contributed by atoms with van der Waals surface area (Å²) >= 11 is 0. The lowest BCUT2D eigenvalue weighted by molar-refractivity contribution is -0.0472. The lowest BCUT2D eigenvalue weighted by Gasteiger charge is -2.32. The van der Waals surface area contributed by atoms with Gasteiger partial charge in [-0.25, -0.2) is 4.39 Å². The third kappa shape index (κ3) is 3.28. The summed E-state index contributed by atoms with van der Waals surface area (Å²) in [6.07, 6.45) is 5.74. The summed E-state index contributed by atoms with van der Waals surface area (Å²) in [6, 6.07) is 10.9. The topological polar surface area (TPSA) is 34.6 Å². The van der Waals surface area contributed by atoms with Crippen molar-refractivity contribution < 1.29 is 13.9 Å². The summed E-state index contributed by atoms with van der Waals surface area (Å²) in [5, 5.41) is 0. The highest BCUT2D eigenvalue weighted by Gasteiger charge is 2.45. The highest BCUT2D eigenvalue weighted by molar-refractivity contribution is 5.19. The molecule has 1 aromatic heterocycles. The first-order chi connectivity index (χ1) is 11.8. The Morgan fingerprint density at radius 3 is 2.92 bits per heavy atom. The van der Waals surface area contributed by atoms with E-state index in [2.05, 4.69) is 9.88 Å². The minimum atomic E-state index is -0.197. The van der Waals surface area contributed by atoms with E-state index >= 15 is 0 Å². The number of benzene rings is 1. The molecular formula is C19H21FN2O2. The summed E-state index contributed by atoms with van der Waals surface area (Å²) in [5.41, 5.74) is 1.11. The fourth-order valence-electron chi connectivity index (χ4n) is 3.71. The molecule has 3 heterocycles. The van der Waals surface area contributed by atoms with Crippen molar-refractivity contribution >= 4 is 0 Å². The average Bonchev–Trinajstić information content (AvgIpc) is 2.96. The lowest BCUT2D eigenvalue weighted by Crippen LogP contribution is -2.42. The maximum atomic E-state index is 13.1. The number of ether oxygens (including phenoxy) is 2. The van der Waals surface area contributed by atoms with Gasteiger partial charge in [0.1, 0.15) is 23.8 Å². The average molecular weight is 328 g/mol. The number of nitrogens with zero attached hydrogens (tertiary/aromatic N) is 2. The van der Waals surface area contributed by atoms with Crippen LogP contribution in [0.2, 0.25) is 0 Å². The number of rotatable bonds is 4. The molecule has 0 amide bonds. The summed E-state index contributed by atoms with van der Waals surface area (Å²) in [6.45, 7) is 2.39. The van der Waals surface area contributed by atoms with E-state index in [0.717, 1.165) is 43.9 Å². The molecule has 0 N–H and O–H groups in total. The number of likely N-dealkylation sites (tertiary alicyclic amines) is 1. The van der Waals surface area contributed by atoms with E-state index in [1.807, 2.05) is 24.3 Å². The van der Waals surface area contributed by atoms with Crippen LogP contribution >= 0.6 is 0 Å². The van der Waals surface area contributed by atoms with Crippen LogP contribution in [0, 0.1) is 5.82 Å². The first-order valence-corrected chi connectivity index (χ1v) is 8.46. The van der Waals surface area contributed by atoms with Gasteiger partial charge in [-0.3, -0.25) is 9.88 Å². The van der Waals surface area contributed by atoms with Crippen LogP contribution < -0.4 is 4.74 Å². The van der Waals surface area contributed by atoms with Crippen LogP contribution in [0.15, 0.2) is 48.8 Å². The first kappa shape index (κ1) is 15.5. The highest BCUT2D eigenvalue weighted by atomic mass is 19.1. The molecule has 3 atom stereocenters. The molecule has 2 fully saturated rings.